The molecule has 1 aliphatic carbocycles. The van der Waals surface area contributed by atoms with E-state index < -0.39 is 21.9 Å². The lowest BCUT2D eigenvalue weighted by atomic mass is 10.2. The Labute approximate surface area is 121 Å². The van der Waals surface area contributed by atoms with Crippen LogP contribution < -0.4 is 15.8 Å². The zero-order valence-electron chi connectivity index (χ0n) is 11.0. The van der Waals surface area contributed by atoms with Crippen molar-refractivity contribution in [2.75, 3.05) is 12.3 Å². The molecule has 0 aliphatic heterocycles. The molecule has 0 bridgehead atoms. The molecule has 0 unspecified atom stereocenters. The summed E-state index contributed by atoms with van der Waals surface area (Å²) in [6.07, 6.45) is 1.81. The number of carboxylic acids is 1. The van der Waals surface area contributed by atoms with Gasteiger partial charge in [-0.25, -0.2) is 17.9 Å². The van der Waals surface area contributed by atoms with E-state index in [0.717, 1.165) is 31.0 Å². The minimum atomic E-state index is -3.97. The van der Waals surface area contributed by atoms with E-state index in [9.17, 15) is 18.0 Å². The van der Waals surface area contributed by atoms with Crippen LogP contribution in [0, 0.1) is 0 Å². The van der Waals surface area contributed by atoms with Crippen molar-refractivity contribution < 1.29 is 23.1 Å². The summed E-state index contributed by atoms with van der Waals surface area (Å²) in [5, 5.41) is 11.4. The van der Waals surface area contributed by atoms with Crippen LogP contribution in [0.2, 0.25) is 0 Å². The van der Waals surface area contributed by atoms with Gasteiger partial charge in [-0.15, -0.1) is 0 Å². The predicted molar refractivity (Wildman–Crippen MR) is 74.2 cm³/mol. The lowest BCUT2D eigenvalue weighted by molar-refractivity contribution is -0.120. The van der Waals surface area contributed by atoms with Gasteiger partial charge in [0.15, 0.2) is 0 Å². The molecule has 0 radical (unpaired) electrons. The van der Waals surface area contributed by atoms with Gasteiger partial charge in [-0.1, -0.05) is 0 Å². The molecule has 1 aliphatic rings. The maximum atomic E-state index is 12.0. The minimum Gasteiger partial charge on any atom is -0.478 e. The molecule has 5 N–H and O–H groups in total. The smallest absolute Gasteiger partial charge is 0.335 e. The van der Waals surface area contributed by atoms with E-state index in [1.54, 1.807) is 0 Å². The average molecular weight is 313 g/mol. The number of amides is 1. The molecule has 1 aromatic carbocycles. The highest BCUT2D eigenvalue weighted by molar-refractivity contribution is 7.89. The van der Waals surface area contributed by atoms with Crippen molar-refractivity contribution in [1.82, 2.24) is 10.0 Å². The Hall–Kier alpha value is -2.13. The molecule has 1 aromatic rings. The van der Waals surface area contributed by atoms with Crippen molar-refractivity contribution in [1.29, 1.82) is 0 Å². The molecule has 0 aromatic heterocycles. The van der Waals surface area contributed by atoms with Gasteiger partial charge in [-0.2, -0.15) is 0 Å². The second-order valence-electron chi connectivity index (χ2n) is 4.72. The van der Waals surface area contributed by atoms with Crippen LogP contribution in [0.25, 0.3) is 0 Å². The number of carbonyl (C=O) groups excluding carboxylic acids is 1. The largest absolute Gasteiger partial charge is 0.478 e. The zero-order valence-corrected chi connectivity index (χ0v) is 11.8. The Bertz CT molecular complexity index is 682. The number of rotatable bonds is 6. The number of hydrogen-bond donors (Lipinski definition) is 4. The molecule has 2 rings (SSSR count). The summed E-state index contributed by atoms with van der Waals surface area (Å²) < 4.78 is 26.2. The summed E-state index contributed by atoms with van der Waals surface area (Å²) in [6, 6.07) is 3.43. The Morgan fingerprint density at radius 3 is 2.52 bits per heavy atom. The Morgan fingerprint density at radius 2 is 2.00 bits per heavy atom. The van der Waals surface area contributed by atoms with E-state index in [4.69, 9.17) is 10.8 Å². The maximum Gasteiger partial charge on any atom is 0.335 e. The number of sulfonamides is 1. The Morgan fingerprint density at radius 1 is 1.33 bits per heavy atom. The predicted octanol–water partition coefficient (Wildman–Crippen LogP) is -0.476. The molecule has 0 saturated heterocycles. The number of nitrogens with two attached hydrogens (primary N) is 1. The van der Waals surface area contributed by atoms with Crippen LogP contribution in [0.4, 0.5) is 5.69 Å². The van der Waals surface area contributed by atoms with E-state index in [2.05, 4.69) is 10.0 Å². The summed E-state index contributed by atoms with van der Waals surface area (Å²) in [6.45, 7) is -0.390. The fourth-order valence-corrected chi connectivity index (χ4v) is 2.76. The van der Waals surface area contributed by atoms with Gasteiger partial charge < -0.3 is 16.2 Å². The van der Waals surface area contributed by atoms with Gasteiger partial charge in [0.25, 0.3) is 0 Å². The van der Waals surface area contributed by atoms with E-state index in [1.165, 1.54) is 0 Å². The van der Waals surface area contributed by atoms with Crippen LogP contribution in [0.1, 0.15) is 23.2 Å². The van der Waals surface area contributed by atoms with Crippen LogP contribution in [0.3, 0.4) is 0 Å². The van der Waals surface area contributed by atoms with Crippen molar-refractivity contribution >= 4 is 27.6 Å². The van der Waals surface area contributed by atoms with Gasteiger partial charge in [0.05, 0.1) is 17.8 Å². The zero-order chi connectivity index (χ0) is 15.6. The Kier molecular flexibility index (Phi) is 4.14. The summed E-state index contributed by atoms with van der Waals surface area (Å²) in [5.74, 6) is -1.62. The number of nitrogens with one attached hydrogen (secondary N) is 2. The van der Waals surface area contributed by atoms with Crippen LogP contribution in [0.15, 0.2) is 23.1 Å². The topological polar surface area (TPSA) is 139 Å². The standard InChI is InChI=1S/C12H15N3O5S/c13-9-5-7(12(17)18)1-4-10(9)21(19,20)14-6-11(16)15-8-2-3-8/h1,4-5,8,14H,2-3,6,13H2,(H,15,16)(H,17,18). The van der Waals surface area contributed by atoms with E-state index >= 15 is 0 Å². The van der Waals surface area contributed by atoms with Crippen LogP contribution >= 0.6 is 0 Å². The van der Waals surface area contributed by atoms with Gasteiger partial charge in [-0.05, 0) is 31.0 Å². The van der Waals surface area contributed by atoms with Gasteiger partial charge in [0.1, 0.15) is 4.90 Å². The third-order valence-electron chi connectivity index (χ3n) is 2.91. The highest BCUT2D eigenvalue weighted by atomic mass is 32.2. The first kappa shape index (κ1) is 15.3. The van der Waals surface area contributed by atoms with Crippen LogP contribution in [-0.2, 0) is 14.8 Å². The number of nitrogen functional groups attached to an aromatic ring is 1. The highest BCUT2D eigenvalue weighted by Gasteiger charge is 2.24. The summed E-state index contributed by atoms with van der Waals surface area (Å²) >= 11 is 0. The van der Waals surface area contributed by atoms with Crippen molar-refractivity contribution in [3.63, 3.8) is 0 Å². The first-order valence-electron chi connectivity index (χ1n) is 6.21. The molecule has 21 heavy (non-hydrogen) atoms. The minimum absolute atomic E-state index is 0.113. The van der Waals surface area contributed by atoms with Crippen molar-refractivity contribution in [2.24, 2.45) is 0 Å². The fourth-order valence-electron chi connectivity index (χ4n) is 1.67. The molecular formula is C12H15N3O5S. The van der Waals surface area contributed by atoms with Crippen LogP contribution in [0.5, 0.6) is 0 Å². The number of aromatic carboxylic acids is 1. The van der Waals surface area contributed by atoms with Gasteiger partial charge in [-0.3, -0.25) is 4.79 Å². The number of carboxylic acid groups (broad SMARTS) is 1. The van der Waals surface area contributed by atoms with Crippen molar-refractivity contribution in [3.8, 4) is 0 Å². The van der Waals surface area contributed by atoms with E-state index in [-0.39, 0.29) is 28.7 Å². The van der Waals surface area contributed by atoms with Crippen LogP contribution in [-0.4, -0.2) is 38.0 Å². The molecule has 1 fully saturated rings. The SMILES string of the molecule is Nc1cc(C(=O)O)ccc1S(=O)(=O)NCC(=O)NC1CC1. The summed E-state index contributed by atoms with van der Waals surface area (Å²) in [5.41, 5.74) is 5.26. The van der Waals surface area contributed by atoms with Crippen molar-refractivity contribution in [2.45, 2.75) is 23.8 Å². The third kappa shape index (κ3) is 3.92. The first-order chi connectivity index (χ1) is 9.79. The monoisotopic (exact) mass is 313 g/mol. The van der Waals surface area contributed by atoms with Crippen molar-refractivity contribution in [3.05, 3.63) is 23.8 Å². The fraction of sp³-hybridized carbons (Fsp3) is 0.333. The molecule has 114 valence electrons. The Balaban J connectivity index is 2.07. The molecule has 0 heterocycles. The summed E-state index contributed by atoms with van der Waals surface area (Å²) in [4.78, 5) is 22.0. The van der Waals surface area contributed by atoms with E-state index in [1.807, 2.05) is 0 Å². The van der Waals surface area contributed by atoms with Gasteiger partial charge in [0.2, 0.25) is 15.9 Å². The molecule has 0 spiro atoms. The molecule has 9 heteroatoms. The lowest BCUT2D eigenvalue weighted by Crippen LogP contribution is -2.38. The molecule has 1 saturated carbocycles. The summed E-state index contributed by atoms with van der Waals surface area (Å²) in [7, 11) is -3.97. The number of anilines is 1. The maximum absolute atomic E-state index is 12.0. The molecule has 1 amide bonds. The molecule has 8 nitrogen and oxygen atoms in total. The second-order valence-corrected chi connectivity index (χ2v) is 6.46. The first-order valence-corrected chi connectivity index (χ1v) is 7.70. The molecule has 0 atom stereocenters. The average Bonchev–Trinajstić information content (AvgIpc) is 3.20. The van der Waals surface area contributed by atoms with Gasteiger partial charge in [0, 0.05) is 6.04 Å². The number of benzene rings is 1. The number of hydrogen-bond acceptors (Lipinski definition) is 5. The van der Waals surface area contributed by atoms with Gasteiger partial charge >= 0.3 is 5.97 Å². The lowest BCUT2D eigenvalue weighted by Gasteiger charge is -2.09. The third-order valence-corrected chi connectivity index (χ3v) is 4.39. The van der Waals surface area contributed by atoms with E-state index in [0.29, 0.717) is 0 Å². The number of carbonyl (C=O) groups is 2. The quantitative estimate of drug-likeness (QED) is 0.523. The second kappa shape index (κ2) is 5.70. The normalized spacial score (nSPS) is 14.7. The highest BCUT2D eigenvalue weighted by Crippen LogP contribution is 2.20. The molecular weight excluding hydrogens is 298 g/mol.